The highest BCUT2D eigenvalue weighted by Gasteiger charge is 2.39. The Morgan fingerprint density at radius 2 is 1.60 bits per heavy atom. The lowest BCUT2D eigenvalue weighted by Crippen LogP contribution is -2.47. The molecule has 7 rings (SSSR count). The molecule has 2 amide bonds. The molecule has 48 heavy (non-hydrogen) atoms. The molecule has 1 aliphatic carbocycles. The number of alkyl carbamates (subject to hydrolysis) is 1. The van der Waals surface area contributed by atoms with Crippen LogP contribution >= 0.6 is 0 Å². The van der Waals surface area contributed by atoms with E-state index in [4.69, 9.17) is 9.47 Å². The number of ether oxygens (including phenoxy) is 2. The molecule has 0 spiro atoms. The van der Waals surface area contributed by atoms with Crippen LogP contribution in [0.3, 0.4) is 0 Å². The summed E-state index contributed by atoms with van der Waals surface area (Å²) < 4.78 is 12.8. The van der Waals surface area contributed by atoms with E-state index < -0.39 is 12.1 Å². The number of imidazole rings is 1. The van der Waals surface area contributed by atoms with Crippen LogP contribution in [-0.4, -0.2) is 81.3 Å². The molecule has 3 aromatic carbocycles. The first-order valence-corrected chi connectivity index (χ1v) is 15.9. The highest BCUT2D eigenvalue weighted by molar-refractivity contribution is 6.06. The zero-order valence-electron chi connectivity index (χ0n) is 26.6. The second-order valence-electron chi connectivity index (χ2n) is 12.0. The van der Waals surface area contributed by atoms with Gasteiger partial charge in [0.25, 0.3) is 5.91 Å². The Morgan fingerprint density at radius 1 is 0.917 bits per heavy atom. The smallest absolute Gasteiger partial charge is 0.407 e. The molecule has 12 nitrogen and oxygen atoms in total. The molecule has 12 heteroatoms. The number of fused-ring (bicyclic) bond motifs is 4. The van der Waals surface area contributed by atoms with Gasteiger partial charge in [-0.25, -0.2) is 19.7 Å². The van der Waals surface area contributed by atoms with Crippen molar-refractivity contribution in [1.29, 1.82) is 0 Å². The van der Waals surface area contributed by atoms with Gasteiger partial charge in [-0.2, -0.15) is 0 Å². The minimum absolute atomic E-state index is 0.0475. The topological polar surface area (TPSA) is 141 Å². The Balaban J connectivity index is 1.04. The number of methoxy groups -OCH3 is 1. The van der Waals surface area contributed by atoms with Crippen molar-refractivity contribution in [2.75, 3.05) is 32.1 Å². The molecular formula is C36H35N7O5. The van der Waals surface area contributed by atoms with E-state index in [0.717, 1.165) is 22.3 Å². The molecule has 0 bridgehead atoms. The number of carbonyl (C=O) groups is 3. The number of anilines is 1. The molecule has 2 aliphatic rings. The van der Waals surface area contributed by atoms with Crippen LogP contribution in [-0.2, 0) is 14.3 Å². The van der Waals surface area contributed by atoms with Crippen LogP contribution in [0.25, 0.3) is 22.3 Å². The molecule has 0 radical (unpaired) electrons. The number of carbonyl (C=O) groups excluding carboxylic acids is 3. The third-order valence-corrected chi connectivity index (χ3v) is 9.32. The van der Waals surface area contributed by atoms with Crippen molar-refractivity contribution in [1.82, 2.24) is 29.7 Å². The molecule has 0 unspecified atom stereocenters. The number of benzene rings is 3. The molecule has 1 fully saturated rings. The number of nitrogens with one attached hydrogen (secondary N) is 2. The van der Waals surface area contributed by atoms with Crippen molar-refractivity contribution in [2.45, 2.75) is 37.4 Å². The predicted octanol–water partition coefficient (Wildman–Crippen LogP) is 4.79. The first-order chi connectivity index (χ1) is 23.4. The van der Waals surface area contributed by atoms with Crippen molar-refractivity contribution in [3.8, 4) is 11.1 Å². The van der Waals surface area contributed by atoms with E-state index in [1.807, 2.05) is 39.8 Å². The molecule has 1 saturated heterocycles. The van der Waals surface area contributed by atoms with Crippen LogP contribution in [0.1, 0.15) is 46.8 Å². The molecule has 2 N–H and O–H groups in total. The normalized spacial score (nSPS) is 17.8. The summed E-state index contributed by atoms with van der Waals surface area (Å²) in [6, 6.07) is 24.4. The third-order valence-electron chi connectivity index (χ3n) is 9.32. The van der Waals surface area contributed by atoms with Crippen molar-refractivity contribution in [3.63, 3.8) is 0 Å². The standard InChI is InChI=1S/C36H35N7O5/c1-22(35(45)47-2)42-18-25(43-21-40-31-32(38-20-39-33(31)43)41-34(44)23-10-4-3-5-11-23)16-24(42)17-37-36(46)48-19-30-28-14-8-6-12-26(28)27-13-7-9-15-29(27)30/h3-15,20-22,24-25,30H,16-19H2,1-2H3,(H,37,46)(H,38,39,41,44)/t22-,24+,25+/m0/s1. The Kier molecular flexibility index (Phi) is 8.55. The number of hydrogen-bond donors (Lipinski definition) is 2. The number of hydrogen-bond acceptors (Lipinski definition) is 9. The van der Waals surface area contributed by atoms with Gasteiger partial charge in [-0.05, 0) is 47.7 Å². The van der Waals surface area contributed by atoms with Gasteiger partial charge < -0.3 is 24.7 Å². The molecule has 1 aliphatic heterocycles. The lowest BCUT2D eigenvalue weighted by atomic mass is 9.98. The van der Waals surface area contributed by atoms with Gasteiger partial charge in [0.2, 0.25) is 0 Å². The molecule has 2 aromatic heterocycles. The fraction of sp³-hybridized carbons (Fsp3) is 0.278. The third kappa shape index (κ3) is 5.86. The van der Waals surface area contributed by atoms with Gasteiger partial charge in [-0.15, -0.1) is 0 Å². The molecule has 244 valence electrons. The van der Waals surface area contributed by atoms with Crippen LogP contribution < -0.4 is 10.6 Å². The summed E-state index contributed by atoms with van der Waals surface area (Å²) in [5.74, 6) is -0.415. The van der Waals surface area contributed by atoms with E-state index in [0.29, 0.717) is 35.5 Å². The molecule has 0 saturated carbocycles. The lowest BCUT2D eigenvalue weighted by Gasteiger charge is -2.28. The van der Waals surface area contributed by atoms with Crippen molar-refractivity contribution < 1.29 is 23.9 Å². The van der Waals surface area contributed by atoms with E-state index in [-0.39, 0.29) is 43.0 Å². The van der Waals surface area contributed by atoms with E-state index in [9.17, 15) is 14.4 Å². The largest absolute Gasteiger partial charge is 0.468 e. The number of aromatic nitrogens is 4. The highest BCUT2D eigenvalue weighted by atomic mass is 16.5. The Hall–Kier alpha value is -5.62. The van der Waals surface area contributed by atoms with Gasteiger partial charge in [0, 0.05) is 30.6 Å². The first-order valence-electron chi connectivity index (χ1n) is 15.9. The van der Waals surface area contributed by atoms with Crippen LogP contribution in [0.2, 0.25) is 0 Å². The number of likely N-dealkylation sites (tertiary alicyclic amines) is 1. The SMILES string of the molecule is COC(=O)[C@H](C)N1C[C@H](n2cnc3c(NC(=O)c4ccccc4)ncnc32)C[C@@H]1CNC(=O)OCC1c2ccccc2-c2ccccc21. The summed E-state index contributed by atoms with van der Waals surface area (Å²) in [6.45, 7) is 2.74. The zero-order chi connectivity index (χ0) is 33.2. The Morgan fingerprint density at radius 3 is 2.31 bits per heavy atom. The van der Waals surface area contributed by atoms with Crippen LogP contribution in [0.5, 0.6) is 0 Å². The fourth-order valence-electron chi connectivity index (χ4n) is 6.93. The van der Waals surface area contributed by atoms with Gasteiger partial charge >= 0.3 is 12.1 Å². The summed E-state index contributed by atoms with van der Waals surface area (Å²) in [5, 5.41) is 5.78. The average molecular weight is 646 g/mol. The van der Waals surface area contributed by atoms with Crippen LogP contribution in [0.4, 0.5) is 10.6 Å². The second-order valence-corrected chi connectivity index (χ2v) is 12.0. The minimum Gasteiger partial charge on any atom is -0.468 e. The molecule has 5 aromatic rings. The average Bonchev–Trinajstić information content (AvgIpc) is 3.84. The molecular weight excluding hydrogens is 610 g/mol. The second kappa shape index (κ2) is 13.2. The van der Waals surface area contributed by atoms with Gasteiger partial charge in [0.05, 0.1) is 19.5 Å². The monoisotopic (exact) mass is 645 g/mol. The highest BCUT2D eigenvalue weighted by Crippen LogP contribution is 2.44. The van der Waals surface area contributed by atoms with Gasteiger partial charge in [0.1, 0.15) is 19.0 Å². The first kappa shape index (κ1) is 31.0. The molecule has 3 heterocycles. The summed E-state index contributed by atoms with van der Waals surface area (Å²) in [7, 11) is 1.36. The summed E-state index contributed by atoms with van der Waals surface area (Å²) in [4.78, 5) is 53.8. The van der Waals surface area contributed by atoms with Gasteiger partial charge in [-0.1, -0.05) is 66.7 Å². The lowest BCUT2D eigenvalue weighted by molar-refractivity contribution is -0.146. The summed E-state index contributed by atoms with van der Waals surface area (Å²) >= 11 is 0. The van der Waals surface area contributed by atoms with E-state index >= 15 is 0 Å². The van der Waals surface area contributed by atoms with Crippen LogP contribution in [0.15, 0.2) is 91.5 Å². The van der Waals surface area contributed by atoms with Gasteiger partial charge in [-0.3, -0.25) is 14.5 Å². The summed E-state index contributed by atoms with van der Waals surface area (Å²) in [5.41, 5.74) is 6.11. The van der Waals surface area contributed by atoms with Crippen LogP contribution in [0, 0.1) is 0 Å². The Bertz CT molecular complexity index is 1930. The van der Waals surface area contributed by atoms with E-state index in [2.05, 4.69) is 49.9 Å². The van der Waals surface area contributed by atoms with E-state index in [1.165, 1.54) is 13.4 Å². The maximum atomic E-state index is 13.0. The van der Waals surface area contributed by atoms with Crippen molar-refractivity contribution >= 4 is 35.0 Å². The number of amides is 2. The predicted molar refractivity (Wildman–Crippen MR) is 178 cm³/mol. The number of rotatable bonds is 9. The van der Waals surface area contributed by atoms with Crippen molar-refractivity contribution in [2.24, 2.45) is 0 Å². The number of nitrogens with zero attached hydrogens (tertiary/aromatic N) is 5. The summed E-state index contributed by atoms with van der Waals surface area (Å²) in [6.07, 6.45) is 3.13. The number of esters is 1. The maximum Gasteiger partial charge on any atom is 0.407 e. The van der Waals surface area contributed by atoms with Crippen molar-refractivity contribution in [3.05, 3.63) is 108 Å². The van der Waals surface area contributed by atoms with Gasteiger partial charge in [0.15, 0.2) is 17.0 Å². The minimum atomic E-state index is -0.556. The van der Waals surface area contributed by atoms with E-state index in [1.54, 1.807) is 37.5 Å². The molecule has 3 atom stereocenters. The Labute approximate surface area is 277 Å². The maximum absolute atomic E-state index is 13.0. The quantitative estimate of drug-likeness (QED) is 0.217. The zero-order valence-corrected chi connectivity index (χ0v) is 26.6. The fourth-order valence-corrected chi connectivity index (χ4v) is 6.93.